The quantitative estimate of drug-likeness (QED) is 0.783. The van der Waals surface area contributed by atoms with Crippen LogP contribution in [-0.4, -0.2) is 12.5 Å². The van der Waals surface area contributed by atoms with Gasteiger partial charge in [-0.1, -0.05) is 43.6 Å². The minimum absolute atomic E-state index is 0.135. The molecule has 0 bridgehead atoms. The molecule has 0 aliphatic heterocycles. The molecule has 0 atom stereocenters. The number of amides is 1. The Bertz CT molecular complexity index is 713. The summed E-state index contributed by atoms with van der Waals surface area (Å²) in [5.74, 6) is 0.462. The summed E-state index contributed by atoms with van der Waals surface area (Å²) in [6.07, 6.45) is 1.93. The molecule has 0 saturated carbocycles. The van der Waals surface area contributed by atoms with Crippen molar-refractivity contribution in [2.24, 2.45) is 0 Å². The van der Waals surface area contributed by atoms with E-state index in [2.05, 4.69) is 37.4 Å². The predicted octanol–water partition coefficient (Wildman–Crippen LogP) is 4.79. The maximum Gasteiger partial charge on any atom is 0.251 e. The van der Waals surface area contributed by atoms with E-state index in [-0.39, 0.29) is 5.91 Å². The van der Waals surface area contributed by atoms with E-state index in [1.807, 2.05) is 6.92 Å². The molecule has 0 saturated heterocycles. The fraction of sp³-hybridized carbons (Fsp3) is 0.350. The molecule has 2 aromatic carbocycles. The molecule has 4 heteroatoms. The molecule has 0 aliphatic carbocycles. The Labute approximate surface area is 149 Å². The van der Waals surface area contributed by atoms with Crippen molar-refractivity contribution in [3.8, 4) is 5.75 Å². The molecule has 1 amide bonds. The highest BCUT2D eigenvalue weighted by molar-refractivity contribution is 6.32. The van der Waals surface area contributed by atoms with Gasteiger partial charge in [0, 0.05) is 12.1 Å². The number of halogens is 1. The Morgan fingerprint density at radius 3 is 2.46 bits per heavy atom. The normalized spacial score (nSPS) is 10.5. The molecule has 0 heterocycles. The van der Waals surface area contributed by atoms with E-state index in [1.165, 1.54) is 16.7 Å². The first-order chi connectivity index (χ1) is 11.6. The van der Waals surface area contributed by atoms with E-state index in [9.17, 15) is 4.79 Å². The molecule has 0 unspecified atom stereocenters. The minimum atomic E-state index is -0.135. The molecule has 0 aromatic heterocycles. The standard InChI is InChI=1S/C20H24ClNO2/c1-4-14-7-8-15(5-2)17(11-14)13-22-20(23)16-9-10-19(24-6-3)18(21)12-16/h7-12H,4-6,13H2,1-3H3,(H,22,23). The van der Waals surface area contributed by atoms with Crippen LogP contribution in [0, 0.1) is 0 Å². The lowest BCUT2D eigenvalue weighted by atomic mass is 10.0. The molecule has 24 heavy (non-hydrogen) atoms. The van der Waals surface area contributed by atoms with Crippen LogP contribution in [0.25, 0.3) is 0 Å². The van der Waals surface area contributed by atoms with Gasteiger partial charge in [0.1, 0.15) is 5.75 Å². The van der Waals surface area contributed by atoms with Crippen molar-refractivity contribution in [2.45, 2.75) is 40.2 Å². The van der Waals surface area contributed by atoms with Crippen LogP contribution in [0.5, 0.6) is 5.75 Å². The number of benzene rings is 2. The first kappa shape index (κ1) is 18.3. The maximum absolute atomic E-state index is 12.4. The number of rotatable bonds is 7. The van der Waals surface area contributed by atoms with Crippen LogP contribution < -0.4 is 10.1 Å². The smallest absolute Gasteiger partial charge is 0.251 e. The summed E-state index contributed by atoms with van der Waals surface area (Å²) in [6.45, 7) is 7.20. The Balaban J connectivity index is 2.09. The van der Waals surface area contributed by atoms with Gasteiger partial charge in [-0.3, -0.25) is 4.79 Å². The van der Waals surface area contributed by atoms with Crippen molar-refractivity contribution in [1.29, 1.82) is 0 Å². The number of hydrogen-bond acceptors (Lipinski definition) is 2. The number of aryl methyl sites for hydroxylation is 2. The van der Waals surface area contributed by atoms with E-state index < -0.39 is 0 Å². The Morgan fingerprint density at radius 1 is 1.04 bits per heavy atom. The van der Waals surface area contributed by atoms with Crippen molar-refractivity contribution in [2.75, 3.05) is 6.61 Å². The van der Waals surface area contributed by atoms with Crippen LogP contribution >= 0.6 is 11.6 Å². The lowest BCUT2D eigenvalue weighted by molar-refractivity contribution is 0.0951. The lowest BCUT2D eigenvalue weighted by Crippen LogP contribution is -2.23. The highest BCUT2D eigenvalue weighted by Crippen LogP contribution is 2.25. The summed E-state index contributed by atoms with van der Waals surface area (Å²) in [5, 5.41) is 3.43. The van der Waals surface area contributed by atoms with Gasteiger partial charge in [-0.2, -0.15) is 0 Å². The number of nitrogens with one attached hydrogen (secondary N) is 1. The van der Waals surface area contributed by atoms with Gasteiger partial charge in [0.2, 0.25) is 0 Å². The summed E-state index contributed by atoms with van der Waals surface area (Å²) >= 11 is 6.15. The van der Waals surface area contributed by atoms with Gasteiger partial charge in [0.25, 0.3) is 5.91 Å². The van der Waals surface area contributed by atoms with Crippen molar-refractivity contribution in [3.63, 3.8) is 0 Å². The second-order valence-electron chi connectivity index (χ2n) is 5.57. The molecule has 0 spiro atoms. The van der Waals surface area contributed by atoms with Gasteiger partial charge in [-0.15, -0.1) is 0 Å². The van der Waals surface area contributed by atoms with Crippen molar-refractivity contribution < 1.29 is 9.53 Å². The van der Waals surface area contributed by atoms with Crippen LogP contribution in [-0.2, 0) is 19.4 Å². The Hall–Kier alpha value is -2.00. The number of carbonyl (C=O) groups is 1. The van der Waals surface area contributed by atoms with Crippen molar-refractivity contribution in [1.82, 2.24) is 5.32 Å². The SMILES string of the molecule is CCOc1ccc(C(=O)NCc2cc(CC)ccc2CC)cc1Cl. The average molecular weight is 346 g/mol. The fourth-order valence-corrected chi connectivity index (χ4v) is 2.84. The molecular weight excluding hydrogens is 322 g/mol. The number of ether oxygens (including phenoxy) is 1. The Morgan fingerprint density at radius 2 is 1.83 bits per heavy atom. The lowest BCUT2D eigenvalue weighted by Gasteiger charge is -2.12. The molecule has 2 aromatic rings. The van der Waals surface area contributed by atoms with Crippen molar-refractivity contribution in [3.05, 3.63) is 63.7 Å². The minimum Gasteiger partial charge on any atom is -0.492 e. The summed E-state index contributed by atoms with van der Waals surface area (Å²) in [4.78, 5) is 12.4. The van der Waals surface area contributed by atoms with Crippen LogP contribution in [0.4, 0.5) is 0 Å². The van der Waals surface area contributed by atoms with Gasteiger partial charge in [-0.25, -0.2) is 0 Å². The largest absolute Gasteiger partial charge is 0.492 e. The predicted molar refractivity (Wildman–Crippen MR) is 99.0 cm³/mol. The van der Waals surface area contributed by atoms with E-state index in [1.54, 1.807) is 18.2 Å². The molecule has 0 aliphatic rings. The van der Waals surface area contributed by atoms with E-state index in [4.69, 9.17) is 16.3 Å². The first-order valence-electron chi connectivity index (χ1n) is 8.40. The number of carbonyl (C=O) groups excluding carboxylic acids is 1. The molecule has 3 nitrogen and oxygen atoms in total. The van der Waals surface area contributed by atoms with Crippen molar-refractivity contribution >= 4 is 17.5 Å². The second kappa shape index (κ2) is 8.74. The van der Waals surface area contributed by atoms with Crippen LogP contribution in [0.1, 0.15) is 47.8 Å². The molecule has 0 radical (unpaired) electrons. The maximum atomic E-state index is 12.4. The average Bonchev–Trinajstić information content (AvgIpc) is 2.61. The molecule has 2 rings (SSSR count). The third-order valence-corrected chi connectivity index (χ3v) is 4.29. The van der Waals surface area contributed by atoms with Crippen LogP contribution in [0.2, 0.25) is 5.02 Å². The Kier molecular flexibility index (Phi) is 6.68. The van der Waals surface area contributed by atoms with E-state index in [0.29, 0.717) is 29.5 Å². The van der Waals surface area contributed by atoms with Gasteiger partial charge < -0.3 is 10.1 Å². The van der Waals surface area contributed by atoms with Gasteiger partial charge >= 0.3 is 0 Å². The highest BCUT2D eigenvalue weighted by Gasteiger charge is 2.10. The molecule has 0 fully saturated rings. The van der Waals surface area contributed by atoms with Gasteiger partial charge in [-0.05, 0) is 54.7 Å². The second-order valence-corrected chi connectivity index (χ2v) is 5.98. The third kappa shape index (κ3) is 4.51. The fourth-order valence-electron chi connectivity index (χ4n) is 2.60. The monoisotopic (exact) mass is 345 g/mol. The topological polar surface area (TPSA) is 38.3 Å². The first-order valence-corrected chi connectivity index (χ1v) is 8.78. The third-order valence-electron chi connectivity index (χ3n) is 3.99. The zero-order chi connectivity index (χ0) is 17.5. The molecule has 1 N–H and O–H groups in total. The van der Waals surface area contributed by atoms with E-state index in [0.717, 1.165) is 12.8 Å². The van der Waals surface area contributed by atoms with Crippen LogP contribution in [0.15, 0.2) is 36.4 Å². The van der Waals surface area contributed by atoms with Gasteiger partial charge in [0.05, 0.1) is 11.6 Å². The summed E-state index contributed by atoms with van der Waals surface area (Å²) < 4.78 is 5.39. The van der Waals surface area contributed by atoms with E-state index >= 15 is 0 Å². The molecular formula is C20H24ClNO2. The summed E-state index contributed by atoms with van der Waals surface area (Å²) in [7, 11) is 0. The zero-order valence-electron chi connectivity index (χ0n) is 14.5. The zero-order valence-corrected chi connectivity index (χ0v) is 15.2. The summed E-state index contributed by atoms with van der Waals surface area (Å²) in [6, 6.07) is 11.6. The number of hydrogen-bond donors (Lipinski definition) is 1. The van der Waals surface area contributed by atoms with Gasteiger partial charge in [0.15, 0.2) is 0 Å². The highest BCUT2D eigenvalue weighted by atomic mass is 35.5. The summed E-state index contributed by atoms with van der Waals surface area (Å²) in [5.41, 5.74) is 4.24. The van der Waals surface area contributed by atoms with Crippen LogP contribution in [0.3, 0.4) is 0 Å². The molecule has 128 valence electrons.